The highest BCUT2D eigenvalue weighted by Crippen LogP contribution is 2.27. The monoisotopic (exact) mass is 956 g/mol. The Bertz CT molecular complexity index is 1170. The molecular weight excluding hydrogens is 899 g/mol. The fourth-order valence-corrected chi connectivity index (χ4v) is 6.53. The summed E-state index contributed by atoms with van der Waals surface area (Å²) in [5, 5.41) is 120. The maximum absolute atomic E-state index is 10.3. The molecule has 3 heterocycles. The molecule has 0 amide bonds. The largest absolute Gasteiger partial charge is 0.493 e. The molecule has 0 saturated carbocycles. The zero-order valence-corrected chi connectivity index (χ0v) is 33.6. The molecule has 15 atom stereocenters. The van der Waals surface area contributed by atoms with Gasteiger partial charge in [0.05, 0.1) is 84.7 Å². The number of ether oxygens (including phenoxy) is 10. The second kappa shape index (κ2) is 24.5. The first-order valence-electron chi connectivity index (χ1n) is 18.6. The molecule has 0 radical (unpaired) electrons. The van der Waals surface area contributed by atoms with Crippen molar-refractivity contribution >= 4 is 22.6 Å². The fraction of sp³-hybridized carbons (Fsp3) is 0.829. The molecule has 0 aliphatic carbocycles. The normalized spacial score (nSPS) is 35.9. The Hall–Kier alpha value is -1.09. The maximum Gasteiger partial charge on any atom is 0.186 e. The summed E-state index contributed by atoms with van der Waals surface area (Å²) >= 11 is 2.15. The van der Waals surface area contributed by atoms with Crippen LogP contribution in [0.5, 0.6) is 5.75 Å². The number of aliphatic hydroxyl groups is 12. The minimum atomic E-state index is -1.63. The molecule has 336 valence electrons. The van der Waals surface area contributed by atoms with E-state index >= 15 is 0 Å². The van der Waals surface area contributed by atoms with E-state index in [9.17, 15) is 61.3 Å². The lowest BCUT2D eigenvalue weighted by Gasteiger charge is -2.39. The zero-order valence-electron chi connectivity index (χ0n) is 31.5. The van der Waals surface area contributed by atoms with Crippen LogP contribution in [0.15, 0.2) is 24.3 Å². The summed E-state index contributed by atoms with van der Waals surface area (Å²) in [6.07, 6.45) is -22.1. The van der Waals surface area contributed by atoms with Crippen LogP contribution in [0.3, 0.4) is 0 Å². The Labute approximate surface area is 347 Å². The van der Waals surface area contributed by atoms with Gasteiger partial charge in [0, 0.05) is 3.57 Å². The van der Waals surface area contributed by atoms with E-state index < -0.39 is 117 Å². The van der Waals surface area contributed by atoms with Crippen LogP contribution in [0.4, 0.5) is 0 Å². The molecule has 3 saturated heterocycles. The molecule has 0 unspecified atom stereocenters. The smallest absolute Gasteiger partial charge is 0.186 e. The summed E-state index contributed by atoms with van der Waals surface area (Å²) in [5.74, 6) is 0.507. The van der Waals surface area contributed by atoms with Crippen molar-refractivity contribution in [3.8, 4) is 5.75 Å². The van der Waals surface area contributed by atoms with Crippen LogP contribution in [-0.2, 0) is 42.6 Å². The summed E-state index contributed by atoms with van der Waals surface area (Å²) in [6.45, 7) is -3.05. The first-order valence-corrected chi connectivity index (χ1v) is 19.7. The molecule has 4 rings (SSSR count). The van der Waals surface area contributed by atoms with Crippen molar-refractivity contribution < 1.29 is 109 Å². The van der Waals surface area contributed by atoms with E-state index in [0.29, 0.717) is 5.75 Å². The minimum Gasteiger partial charge on any atom is -0.493 e. The van der Waals surface area contributed by atoms with Gasteiger partial charge in [0.15, 0.2) is 18.9 Å². The summed E-state index contributed by atoms with van der Waals surface area (Å²) in [5.41, 5.74) is -1.10. The summed E-state index contributed by atoms with van der Waals surface area (Å²) < 4.78 is 57.8. The van der Waals surface area contributed by atoms with Gasteiger partial charge in [0.2, 0.25) is 0 Å². The lowest BCUT2D eigenvalue weighted by atomic mass is 9.92. The third-order valence-electron chi connectivity index (χ3n) is 9.66. The SMILES string of the molecule is OC[C@H]1O[C@H](OCCOCC(COCCO[C@H]2O[C@H](CO)[C@@H](O)[C@H](O)[C@@H]2O)(COCCO[C@H]2O[C@H](CO)[C@@H](O)[C@H](O)[C@@H]2O)COc2ccc(I)cc2)[C@@H](O)[C@@H](O)[C@@H]1O. The molecule has 1 aromatic carbocycles. The zero-order chi connectivity index (χ0) is 42.4. The van der Waals surface area contributed by atoms with Crippen LogP contribution >= 0.6 is 22.6 Å². The Kier molecular flexibility index (Phi) is 21.0. The van der Waals surface area contributed by atoms with E-state index in [2.05, 4.69) is 22.6 Å². The minimum absolute atomic E-state index is 0.0533. The average molecular weight is 957 g/mol. The van der Waals surface area contributed by atoms with Gasteiger partial charge in [-0.2, -0.15) is 0 Å². The molecule has 3 fully saturated rings. The number of halogens is 1. The topological polar surface area (TPSA) is 335 Å². The highest BCUT2D eigenvalue weighted by Gasteiger charge is 2.46. The first-order chi connectivity index (χ1) is 27.7. The molecule has 23 heteroatoms. The van der Waals surface area contributed by atoms with Crippen molar-refractivity contribution in [1.29, 1.82) is 0 Å². The van der Waals surface area contributed by atoms with Crippen LogP contribution in [0, 0.1) is 8.99 Å². The van der Waals surface area contributed by atoms with Gasteiger partial charge >= 0.3 is 0 Å². The highest BCUT2D eigenvalue weighted by molar-refractivity contribution is 14.1. The highest BCUT2D eigenvalue weighted by atomic mass is 127. The Morgan fingerprint density at radius 3 is 1.09 bits per heavy atom. The van der Waals surface area contributed by atoms with Gasteiger partial charge in [-0.3, -0.25) is 0 Å². The molecule has 0 aromatic heterocycles. The number of aliphatic hydroxyl groups excluding tert-OH is 12. The number of hydrogen-bond donors (Lipinski definition) is 12. The van der Waals surface area contributed by atoms with E-state index in [4.69, 9.17) is 47.4 Å². The summed E-state index contributed by atoms with van der Waals surface area (Å²) in [4.78, 5) is 0. The standard InChI is InChI=1S/C35H57IO22/c36-18-1-3-19(4-2-18)55-17-35(14-49-5-8-52-32-29(46)26(43)23(40)20(11-37)56-32,15-50-6-9-53-33-30(47)27(44)24(41)21(12-38)57-33)16-51-7-10-54-34-31(48)28(45)25(42)22(13-39)58-34/h1-4,20-34,37-48H,5-17H2/t20-,21-,22-,23-,24-,25-,26+,27+,28+,29+,30+,31+,32+,33+,34+/m1/s1. The van der Waals surface area contributed by atoms with Gasteiger partial charge in [0.25, 0.3) is 0 Å². The second-order valence-electron chi connectivity index (χ2n) is 14.1. The van der Waals surface area contributed by atoms with Crippen molar-refractivity contribution in [3.63, 3.8) is 0 Å². The van der Waals surface area contributed by atoms with Gasteiger partial charge in [0.1, 0.15) is 85.6 Å². The molecule has 0 spiro atoms. The van der Waals surface area contributed by atoms with Gasteiger partial charge in [-0.15, -0.1) is 0 Å². The number of hydrogen-bond acceptors (Lipinski definition) is 22. The third kappa shape index (κ3) is 13.7. The molecule has 3 aliphatic heterocycles. The van der Waals surface area contributed by atoms with Crippen molar-refractivity contribution in [3.05, 3.63) is 27.8 Å². The lowest BCUT2D eigenvalue weighted by Crippen LogP contribution is -2.59. The van der Waals surface area contributed by atoms with Crippen LogP contribution in [0.25, 0.3) is 0 Å². The summed E-state index contributed by atoms with van der Waals surface area (Å²) in [7, 11) is 0. The van der Waals surface area contributed by atoms with Crippen molar-refractivity contribution in [2.75, 3.05) is 85.9 Å². The van der Waals surface area contributed by atoms with Gasteiger partial charge in [-0.05, 0) is 46.9 Å². The fourth-order valence-electron chi connectivity index (χ4n) is 6.17. The van der Waals surface area contributed by atoms with Gasteiger partial charge in [-0.25, -0.2) is 0 Å². The molecule has 1 aromatic rings. The average Bonchev–Trinajstić information content (AvgIpc) is 3.22. The Morgan fingerprint density at radius 2 is 0.776 bits per heavy atom. The molecule has 22 nitrogen and oxygen atoms in total. The van der Waals surface area contributed by atoms with E-state index in [1.807, 2.05) is 12.1 Å². The number of benzene rings is 1. The van der Waals surface area contributed by atoms with Crippen LogP contribution in [0.2, 0.25) is 0 Å². The summed E-state index contributed by atoms with van der Waals surface area (Å²) in [6, 6.07) is 7.19. The van der Waals surface area contributed by atoms with Gasteiger partial charge in [-0.1, -0.05) is 0 Å². The Morgan fingerprint density at radius 1 is 0.448 bits per heavy atom. The lowest BCUT2D eigenvalue weighted by molar-refractivity contribution is -0.303. The molecule has 58 heavy (non-hydrogen) atoms. The van der Waals surface area contributed by atoms with Crippen LogP contribution in [-0.4, -0.2) is 239 Å². The third-order valence-corrected chi connectivity index (χ3v) is 10.4. The van der Waals surface area contributed by atoms with E-state index in [0.717, 1.165) is 3.57 Å². The van der Waals surface area contributed by atoms with Gasteiger partial charge < -0.3 is 109 Å². The first kappa shape index (κ1) is 49.6. The Balaban J connectivity index is 1.40. The van der Waals surface area contributed by atoms with Crippen molar-refractivity contribution in [2.24, 2.45) is 5.41 Å². The van der Waals surface area contributed by atoms with Crippen molar-refractivity contribution in [2.45, 2.75) is 92.1 Å². The predicted molar refractivity (Wildman–Crippen MR) is 199 cm³/mol. The molecule has 3 aliphatic rings. The van der Waals surface area contributed by atoms with Crippen molar-refractivity contribution in [1.82, 2.24) is 0 Å². The van der Waals surface area contributed by atoms with E-state index in [-0.39, 0.29) is 66.1 Å². The van der Waals surface area contributed by atoms with Crippen LogP contribution < -0.4 is 4.74 Å². The van der Waals surface area contributed by atoms with E-state index in [1.54, 1.807) is 12.1 Å². The second-order valence-corrected chi connectivity index (χ2v) is 15.4. The molecule has 12 N–H and O–H groups in total. The van der Waals surface area contributed by atoms with Crippen LogP contribution in [0.1, 0.15) is 0 Å². The maximum atomic E-state index is 10.3. The predicted octanol–water partition coefficient (Wildman–Crippen LogP) is -5.84. The molecular formula is C35H57IO22. The van der Waals surface area contributed by atoms with E-state index in [1.165, 1.54) is 0 Å². The quantitative estimate of drug-likeness (QED) is 0.0339. The number of rotatable bonds is 24. The molecule has 0 bridgehead atoms.